The van der Waals surface area contributed by atoms with E-state index in [1.807, 2.05) is 74.5 Å². The van der Waals surface area contributed by atoms with Crippen LogP contribution in [-0.2, 0) is 16.0 Å². The number of carbonyl (C=O) groups excluding carboxylic acids is 1. The fourth-order valence-electron chi connectivity index (χ4n) is 2.37. The maximum absolute atomic E-state index is 12.7. The number of carbonyl (C=O) groups is 1. The fourth-order valence-corrected chi connectivity index (χ4v) is 3.39. The van der Waals surface area contributed by atoms with Crippen LogP contribution in [0.4, 0.5) is 0 Å². The van der Waals surface area contributed by atoms with E-state index >= 15 is 0 Å². The third-order valence-electron chi connectivity index (χ3n) is 3.60. The van der Waals surface area contributed by atoms with Crippen LogP contribution >= 0.6 is 11.8 Å². The van der Waals surface area contributed by atoms with Crippen LogP contribution in [0, 0.1) is 0 Å². The van der Waals surface area contributed by atoms with Crippen molar-refractivity contribution in [2.75, 3.05) is 13.7 Å². The molecule has 0 bridgehead atoms. The van der Waals surface area contributed by atoms with E-state index < -0.39 is 4.75 Å². The summed E-state index contributed by atoms with van der Waals surface area (Å²) in [5.41, 5.74) is 1.16. The first-order valence-corrected chi connectivity index (χ1v) is 8.85. The van der Waals surface area contributed by atoms with Crippen LogP contribution in [0.15, 0.2) is 65.6 Å². The molecule has 1 atom stereocenters. The molecule has 0 aliphatic carbocycles. The van der Waals surface area contributed by atoms with Gasteiger partial charge in [0.15, 0.2) is 0 Å². The zero-order valence-electron chi connectivity index (χ0n) is 15.4. The quantitative estimate of drug-likeness (QED) is 0.538. The number of thioether (sulfide) groups is 1. The average Bonchev–Trinajstić information content (AvgIpc) is 2.56. The first-order valence-electron chi connectivity index (χ1n) is 8.03. The Balaban J connectivity index is 0.00000312. The number of ether oxygens (including phenoxy) is 1. The molecule has 0 heterocycles. The van der Waals surface area contributed by atoms with E-state index in [0.29, 0.717) is 13.0 Å². The van der Waals surface area contributed by atoms with Crippen LogP contribution < -0.4 is 18.9 Å². The Morgan fingerprint density at radius 3 is 2.20 bits per heavy atom. The van der Waals surface area contributed by atoms with Crippen LogP contribution in [0.25, 0.3) is 5.32 Å². The molecule has 25 heavy (non-hydrogen) atoms. The summed E-state index contributed by atoms with van der Waals surface area (Å²) in [7, 11) is 1.64. The summed E-state index contributed by atoms with van der Waals surface area (Å²) in [5, 5.41) is 4.44. The van der Waals surface area contributed by atoms with Crippen molar-refractivity contribution in [3.63, 3.8) is 0 Å². The van der Waals surface area contributed by atoms with Gasteiger partial charge in [-0.3, -0.25) is 0 Å². The van der Waals surface area contributed by atoms with Crippen LogP contribution in [0.5, 0.6) is 0 Å². The molecule has 0 saturated carbocycles. The third kappa shape index (κ3) is 7.29. The Hall–Kier alpha value is -1.18. The molecule has 3 nitrogen and oxygen atoms in total. The largest absolute Gasteiger partial charge is 1.00 e. The predicted octanol–water partition coefficient (Wildman–Crippen LogP) is 1.72. The molecule has 0 aliphatic rings. The van der Waals surface area contributed by atoms with Gasteiger partial charge in [-0.1, -0.05) is 54.6 Å². The van der Waals surface area contributed by atoms with Crippen LogP contribution in [0.1, 0.15) is 19.4 Å². The average molecular weight is 349 g/mol. The van der Waals surface area contributed by atoms with Gasteiger partial charge in [-0.2, -0.15) is 0 Å². The van der Waals surface area contributed by atoms with Crippen molar-refractivity contribution in [2.24, 2.45) is 0 Å². The maximum Gasteiger partial charge on any atom is 1.00 e. The van der Waals surface area contributed by atoms with Gasteiger partial charge in [-0.05, 0) is 38.0 Å². The van der Waals surface area contributed by atoms with E-state index in [4.69, 9.17) is 4.74 Å². The molecule has 2 aromatic rings. The van der Waals surface area contributed by atoms with E-state index in [1.54, 1.807) is 7.11 Å². The van der Waals surface area contributed by atoms with Gasteiger partial charge >= 0.3 is 18.9 Å². The Bertz CT molecular complexity index is 635. The summed E-state index contributed by atoms with van der Waals surface area (Å²) in [6.07, 6.45) is 0.701. The minimum absolute atomic E-state index is 0. The molecule has 0 aliphatic heterocycles. The number of rotatable bonds is 8. The Morgan fingerprint density at radius 2 is 1.64 bits per heavy atom. The molecule has 0 fully saturated rings. The number of nitrogens with zero attached hydrogens (tertiary/aromatic N) is 1. The second-order valence-electron chi connectivity index (χ2n) is 6.16. The molecule has 0 unspecified atom stereocenters. The van der Waals surface area contributed by atoms with Gasteiger partial charge in [-0.15, -0.1) is 11.8 Å². The SMILES string of the molecule is COC[C@H](Cc1ccccc1)[N-]C(=O)C(C)(C)Sc1ccccc1.[Li+]. The molecule has 0 aromatic heterocycles. The molecular formula is C20H24LiNO2S. The van der Waals surface area contributed by atoms with Crippen molar-refractivity contribution in [3.8, 4) is 0 Å². The van der Waals surface area contributed by atoms with E-state index in [0.717, 1.165) is 10.5 Å². The molecule has 5 heteroatoms. The molecule has 0 radical (unpaired) electrons. The summed E-state index contributed by atoms with van der Waals surface area (Å²) >= 11 is 1.54. The fraction of sp³-hybridized carbons (Fsp3) is 0.350. The molecule has 0 saturated heterocycles. The monoisotopic (exact) mass is 349 g/mol. The maximum atomic E-state index is 12.7. The first kappa shape index (κ1) is 21.9. The molecular weight excluding hydrogens is 325 g/mol. The van der Waals surface area contributed by atoms with Gasteiger partial charge in [-0.25, -0.2) is 0 Å². The van der Waals surface area contributed by atoms with E-state index in [1.165, 1.54) is 11.8 Å². The van der Waals surface area contributed by atoms with Crippen molar-refractivity contribution in [1.82, 2.24) is 0 Å². The number of benzene rings is 2. The Labute approximate surface area is 167 Å². The normalized spacial score (nSPS) is 12.1. The molecule has 0 N–H and O–H groups in total. The topological polar surface area (TPSA) is 40.4 Å². The second-order valence-corrected chi connectivity index (χ2v) is 7.85. The minimum Gasteiger partial charge on any atom is -0.647 e. The summed E-state index contributed by atoms with van der Waals surface area (Å²) in [6.45, 7) is 4.28. The van der Waals surface area contributed by atoms with E-state index in [2.05, 4.69) is 5.32 Å². The molecule has 1 amide bonds. The number of hydrogen-bond donors (Lipinski definition) is 0. The summed E-state index contributed by atoms with van der Waals surface area (Å²) < 4.78 is 4.65. The van der Waals surface area contributed by atoms with Gasteiger partial charge in [0.25, 0.3) is 0 Å². The zero-order valence-corrected chi connectivity index (χ0v) is 16.3. The number of methoxy groups -OCH3 is 1. The van der Waals surface area contributed by atoms with E-state index in [9.17, 15) is 4.79 Å². The van der Waals surface area contributed by atoms with Crippen molar-refractivity contribution in [2.45, 2.75) is 36.0 Å². The zero-order chi connectivity index (χ0) is 17.4. The third-order valence-corrected chi connectivity index (χ3v) is 4.80. The summed E-state index contributed by atoms with van der Waals surface area (Å²) in [4.78, 5) is 13.8. The summed E-state index contributed by atoms with van der Waals surface area (Å²) in [6, 6.07) is 19.8. The second kappa shape index (κ2) is 10.7. The van der Waals surface area contributed by atoms with Gasteiger partial charge in [0.05, 0.1) is 10.7 Å². The van der Waals surface area contributed by atoms with Crippen molar-refractivity contribution >= 4 is 17.7 Å². The first-order chi connectivity index (χ1) is 11.5. The Kier molecular flexibility index (Phi) is 9.38. The van der Waals surface area contributed by atoms with Crippen LogP contribution in [-0.4, -0.2) is 30.4 Å². The molecule has 0 spiro atoms. The summed E-state index contributed by atoms with van der Waals surface area (Å²) in [5.74, 6) is -0.102. The van der Waals surface area contributed by atoms with Gasteiger partial charge < -0.3 is 14.8 Å². The molecule has 2 rings (SSSR count). The molecule has 128 valence electrons. The standard InChI is InChI=1S/C20H25NO2S.Li/c1-20(2,24-18-12-8-5-9-13-18)19(22)21-17(15-23-3)14-16-10-6-4-7-11-16;/h4-13,17H,14-15H2,1-3H3,(H,21,22);/q;+1/p-1/t17-;/m0./s1. The van der Waals surface area contributed by atoms with Crippen molar-refractivity contribution < 1.29 is 28.4 Å². The van der Waals surface area contributed by atoms with Crippen LogP contribution in [0.2, 0.25) is 0 Å². The van der Waals surface area contributed by atoms with Crippen molar-refractivity contribution in [1.29, 1.82) is 0 Å². The van der Waals surface area contributed by atoms with Gasteiger partial charge in [0, 0.05) is 18.6 Å². The number of amides is 1. The minimum atomic E-state index is -0.607. The Morgan fingerprint density at radius 1 is 1.08 bits per heavy atom. The predicted molar refractivity (Wildman–Crippen MR) is 101 cm³/mol. The molecule has 2 aromatic carbocycles. The smallest absolute Gasteiger partial charge is 0.647 e. The number of hydrogen-bond acceptors (Lipinski definition) is 3. The van der Waals surface area contributed by atoms with Gasteiger partial charge in [0.2, 0.25) is 0 Å². The van der Waals surface area contributed by atoms with Crippen LogP contribution in [0.3, 0.4) is 0 Å². The van der Waals surface area contributed by atoms with E-state index in [-0.39, 0.29) is 30.8 Å². The van der Waals surface area contributed by atoms with Gasteiger partial charge in [0.1, 0.15) is 0 Å². The van der Waals surface area contributed by atoms with Crippen molar-refractivity contribution in [3.05, 3.63) is 71.5 Å².